The van der Waals surface area contributed by atoms with Gasteiger partial charge in [0.1, 0.15) is 5.75 Å². The molecular formula is C16H22F3N4O4+. The fourth-order valence-corrected chi connectivity index (χ4v) is 1.95. The van der Waals surface area contributed by atoms with E-state index >= 15 is 0 Å². The predicted molar refractivity (Wildman–Crippen MR) is 90.1 cm³/mol. The van der Waals surface area contributed by atoms with E-state index in [-0.39, 0.29) is 31.4 Å². The topological polar surface area (TPSA) is 92.2 Å². The number of benzene rings is 1. The van der Waals surface area contributed by atoms with E-state index in [1.165, 1.54) is 17.0 Å². The van der Waals surface area contributed by atoms with Crippen LogP contribution >= 0.6 is 0 Å². The van der Waals surface area contributed by atoms with Gasteiger partial charge in [0.05, 0.1) is 13.6 Å². The Bertz CT molecular complexity index is 663. The number of hydrogen-bond donors (Lipinski definition) is 3. The van der Waals surface area contributed by atoms with Crippen LogP contribution in [0.1, 0.15) is 0 Å². The number of halogens is 3. The monoisotopic (exact) mass is 391 g/mol. The van der Waals surface area contributed by atoms with Crippen molar-refractivity contribution in [2.45, 2.75) is 6.36 Å². The lowest BCUT2D eigenvalue weighted by molar-refractivity contribution is -0.862. The number of ether oxygens (including phenoxy) is 1. The number of quaternary nitrogens is 1. The van der Waals surface area contributed by atoms with Crippen LogP contribution in [0.15, 0.2) is 24.3 Å². The van der Waals surface area contributed by atoms with Gasteiger partial charge in [-0.2, -0.15) is 0 Å². The minimum absolute atomic E-state index is 0.0213. The van der Waals surface area contributed by atoms with Crippen LogP contribution in [-0.4, -0.2) is 69.8 Å². The predicted octanol–water partition coefficient (Wildman–Crippen LogP) is -0.757. The number of hydrogen-bond acceptors (Lipinski definition) is 4. The number of likely N-dealkylation sites (N-methyl/N-ethyl adjacent to an activating group) is 2. The molecule has 0 aromatic heterocycles. The molecule has 0 spiro atoms. The highest BCUT2D eigenvalue weighted by Gasteiger charge is 2.31. The first-order valence-corrected chi connectivity index (χ1v) is 7.90. The number of nitrogens with one attached hydrogen (secondary N) is 3. The van der Waals surface area contributed by atoms with E-state index in [1.54, 1.807) is 21.1 Å². The summed E-state index contributed by atoms with van der Waals surface area (Å²) >= 11 is 0. The molecule has 0 radical (unpaired) electrons. The number of alkyl halides is 3. The normalized spacial score (nSPS) is 12.1. The van der Waals surface area contributed by atoms with Gasteiger partial charge in [0.15, 0.2) is 13.1 Å². The van der Waals surface area contributed by atoms with E-state index in [4.69, 9.17) is 0 Å². The SMILES string of the molecule is CN(C)C(=O)CNC(=O)C[NH+](C)CC(=O)Nc1ccc(OC(F)(F)F)cc1. The molecule has 27 heavy (non-hydrogen) atoms. The van der Waals surface area contributed by atoms with Gasteiger partial charge in [-0.3, -0.25) is 14.4 Å². The standard InChI is InChI=1S/C16H21F3N4O4/c1-22(2)15(26)8-20-13(24)9-23(3)10-14(25)21-11-4-6-12(7-5-11)27-16(17,18)19/h4-7H,8-10H2,1-3H3,(H,20,24)(H,21,25)/p+1. The Morgan fingerprint density at radius 3 is 2.15 bits per heavy atom. The summed E-state index contributed by atoms with van der Waals surface area (Å²) in [5.41, 5.74) is 0.295. The number of carbonyl (C=O) groups excluding carboxylic acids is 3. The molecule has 1 rings (SSSR count). The van der Waals surface area contributed by atoms with Gasteiger partial charge in [-0.25, -0.2) is 0 Å². The number of rotatable bonds is 8. The Kier molecular flexibility index (Phi) is 8.03. The maximum absolute atomic E-state index is 12.1. The van der Waals surface area contributed by atoms with Gasteiger partial charge in [-0.05, 0) is 24.3 Å². The smallest absolute Gasteiger partial charge is 0.406 e. The van der Waals surface area contributed by atoms with E-state index in [0.29, 0.717) is 10.6 Å². The molecule has 0 fully saturated rings. The summed E-state index contributed by atoms with van der Waals surface area (Å²) in [5, 5.41) is 4.97. The van der Waals surface area contributed by atoms with Gasteiger partial charge in [-0.15, -0.1) is 13.2 Å². The molecule has 1 atom stereocenters. The summed E-state index contributed by atoms with van der Waals surface area (Å²) in [4.78, 5) is 37.0. The first-order valence-electron chi connectivity index (χ1n) is 7.90. The van der Waals surface area contributed by atoms with Crippen molar-refractivity contribution in [3.05, 3.63) is 24.3 Å². The van der Waals surface area contributed by atoms with Crippen molar-refractivity contribution < 1.29 is 37.2 Å². The van der Waals surface area contributed by atoms with Crippen LogP contribution in [0, 0.1) is 0 Å². The minimum Gasteiger partial charge on any atom is -0.406 e. The van der Waals surface area contributed by atoms with Gasteiger partial charge in [0.2, 0.25) is 5.91 Å². The van der Waals surface area contributed by atoms with E-state index in [2.05, 4.69) is 15.4 Å². The summed E-state index contributed by atoms with van der Waals surface area (Å²) in [5.74, 6) is -1.46. The van der Waals surface area contributed by atoms with Crippen LogP contribution in [0.3, 0.4) is 0 Å². The van der Waals surface area contributed by atoms with E-state index in [1.807, 2.05) is 0 Å². The zero-order valence-electron chi connectivity index (χ0n) is 15.1. The summed E-state index contributed by atoms with van der Waals surface area (Å²) < 4.78 is 40.0. The van der Waals surface area contributed by atoms with Crippen molar-refractivity contribution in [1.82, 2.24) is 10.2 Å². The third-order valence-electron chi connectivity index (χ3n) is 3.23. The second kappa shape index (κ2) is 9.76. The molecule has 3 N–H and O–H groups in total. The summed E-state index contributed by atoms with van der Waals surface area (Å²) in [6.45, 7) is -0.194. The lowest BCUT2D eigenvalue weighted by Gasteiger charge is -2.15. The van der Waals surface area contributed by atoms with Crippen LogP contribution in [0.2, 0.25) is 0 Å². The Morgan fingerprint density at radius 1 is 1.07 bits per heavy atom. The molecule has 150 valence electrons. The third kappa shape index (κ3) is 9.45. The van der Waals surface area contributed by atoms with E-state index < -0.39 is 18.0 Å². The van der Waals surface area contributed by atoms with Crippen molar-refractivity contribution in [3.8, 4) is 5.75 Å². The highest BCUT2D eigenvalue weighted by atomic mass is 19.4. The number of amides is 3. The molecular weight excluding hydrogens is 369 g/mol. The Balaban J connectivity index is 2.40. The molecule has 0 saturated heterocycles. The summed E-state index contributed by atoms with van der Waals surface area (Å²) in [6, 6.07) is 4.70. The average molecular weight is 391 g/mol. The lowest BCUT2D eigenvalue weighted by atomic mass is 10.3. The Morgan fingerprint density at radius 2 is 1.63 bits per heavy atom. The summed E-state index contributed by atoms with van der Waals surface area (Å²) in [6.07, 6.45) is -4.78. The van der Waals surface area contributed by atoms with Gasteiger partial charge in [0.25, 0.3) is 11.8 Å². The second-order valence-corrected chi connectivity index (χ2v) is 6.00. The minimum atomic E-state index is -4.78. The third-order valence-corrected chi connectivity index (χ3v) is 3.23. The van der Waals surface area contributed by atoms with Gasteiger partial charge in [-0.1, -0.05) is 0 Å². The molecule has 0 bridgehead atoms. The van der Waals surface area contributed by atoms with Crippen LogP contribution in [0.4, 0.5) is 18.9 Å². The van der Waals surface area contributed by atoms with Crippen molar-refractivity contribution in [3.63, 3.8) is 0 Å². The maximum Gasteiger partial charge on any atom is 0.573 e. The van der Waals surface area contributed by atoms with Gasteiger partial charge < -0.3 is 25.2 Å². The highest BCUT2D eigenvalue weighted by Crippen LogP contribution is 2.23. The Labute approximate surface area is 154 Å². The van der Waals surface area contributed by atoms with Gasteiger partial charge in [0, 0.05) is 19.8 Å². The fourth-order valence-electron chi connectivity index (χ4n) is 1.95. The molecule has 0 aliphatic carbocycles. The molecule has 1 unspecified atom stereocenters. The van der Waals surface area contributed by atoms with E-state index in [0.717, 1.165) is 12.1 Å². The van der Waals surface area contributed by atoms with E-state index in [9.17, 15) is 27.6 Å². The molecule has 11 heteroatoms. The first-order chi connectivity index (χ1) is 12.5. The molecule has 8 nitrogen and oxygen atoms in total. The molecule has 0 aliphatic rings. The van der Waals surface area contributed by atoms with Crippen LogP contribution in [-0.2, 0) is 14.4 Å². The van der Waals surface area contributed by atoms with Crippen LogP contribution in [0.25, 0.3) is 0 Å². The van der Waals surface area contributed by atoms with Crippen molar-refractivity contribution in [2.24, 2.45) is 0 Å². The van der Waals surface area contributed by atoms with Crippen molar-refractivity contribution >= 4 is 23.4 Å². The maximum atomic E-state index is 12.1. The molecule has 0 heterocycles. The van der Waals surface area contributed by atoms with Crippen molar-refractivity contribution in [2.75, 3.05) is 46.1 Å². The molecule has 1 aromatic carbocycles. The molecule has 3 amide bonds. The molecule has 0 aliphatic heterocycles. The summed E-state index contributed by atoms with van der Waals surface area (Å²) in [7, 11) is 4.75. The second-order valence-electron chi connectivity index (χ2n) is 6.00. The Hall–Kier alpha value is -2.82. The van der Waals surface area contributed by atoms with Gasteiger partial charge >= 0.3 is 6.36 Å². The molecule has 0 saturated carbocycles. The largest absolute Gasteiger partial charge is 0.573 e. The number of anilines is 1. The zero-order chi connectivity index (χ0) is 20.6. The first kappa shape index (κ1) is 22.2. The quantitative estimate of drug-likeness (QED) is 0.544. The highest BCUT2D eigenvalue weighted by molar-refractivity contribution is 5.91. The lowest BCUT2D eigenvalue weighted by Crippen LogP contribution is -3.11. The zero-order valence-corrected chi connectivity index (χ0v) is 15.1. The number of nitrogens with zero attached hydrogens (tertiary/aromatic N) is 1. The van der Waals surface area contributed by atoms with Crippen molar-refractivity contribution in [1.29, 1.82) is 0 Å². The number of carbonyl (C=O) groups is 3. The average Bonchev–Trinajstić information content (AvgIpc) is 2.52. The fraction of sp³-hybridized carbons (Fsp3) is 0.438. The van der Waals surface area contributed by atoms with Crippen LogP contribution < -0.4 is 20.3 Å². The van der Waals surface area contributed by atoms with Crippen LogP contribution in [0.5, 0.6) is 5.75 Å². The molecule has 1 aromatic rings.